The molecule has 6 aliphatic carbocycles. The molecular weight excluding hydrogens is 751 g/mol. The van der Waals surface area contributed by atoms with Crippen LogP contribution in [0.2, 0.25) is 3.63 Å². The maximum absolute atomic E-state index is 3.01. The predicted molar refractivity (Wildman–Crippen MR) is 211 cm³/mol. The van der Waals surface area contributed by atoms with Crippen LogP contribution in [-0.2, 0) is 21.3 Å². The zero-order valence-electron chi connectivity index (χ0n) is 32.8. The minimum Gasteiger partial charge on any atom is -1.00 e. The van der Waals surface area contributed by atoms with Crippen LogP contribution in [0.25, 0.3) is 0 Å². The second-order valence-corrected chi connectivity index (χ2v) is 24.0. The van der Waals surface area contributed by atoms with E-state index < -0.39 is 21.3 Å². The number of allylic oxidation sites excluding steroid dienone is 16. The van der Waals surface area contributed by atoms with Crippen molar-refractivity contribution in [2.75, 3.05) is 0 Å². The standard InChI is InChI=1S/C29H37.C13H10.C7H9.2ClH.Zr/c1-21-14-13-15-22-20-27(6)25(4)18-10-9-16-23(25,2)24(3)17-11-12-19-26(24,5)29(27,8)28(21,22)7;1-3-7-12(8-4-1)11-13-9-5-2-6-10-13;1-6-3-4-7(2)5-6;;;/h9-20,22H,1-8H3;1-10H;3,5,7H,1-2H3;2*1H;/q;;;;;+2/p-2. The molecule has 0 N–H and O–H groups in total. The van der Waals surface area contributed by atoms with Gasteiger partial charge in [0.15, 0.2) is 0 Å². The van der Waals surface area contributed by atoms with E-state index >= 15 is 0 Å². The molecule has 52 heavy (non-hydrogen) atoms. The Morgan fingerprint density at radius 1 is 0.615 bits per heavy atom. The molecule has 2 aromatic rings. The van der Waals surface area contributed by atoms with Crippen molar-refractivity contribution < 1.29 is 46.1 Å². The number of rotatable bonds is 4. The van der Waals surface area contributed by atoms with Crippen LogP contribution in [-0.4, -0.2) is 3.21 Å². The van der Waals surface area contributed by atoms with Crippen molar-refractivity contribution in [1.29, 1.82) is 0 Å². The summed E-state index contributed by atoms with van der Waals surface area (Å²) in [5.41, 5.74) is 5.17. The van der Waals surface area contributed by atoms with E-state index in [9.17, 15) is 0 Å². The molecule has 6 aliphatic rings. The fourth-order valence-corrected chi connectivity index (χ4v) is 25.5. The Morgan fingerprint density at radius 2 is 1.10 bits per heavy atom. The van der Waals surface area contributed by atoms with E-state index in [1.165, 1.54) is 16.7 Å². The van der Waals surface area contributed by atoms with Crippen molar-refractivity contribution in [2.45, 2.75) is 72.9 Å². The Morgan fingerprint density at radius 3 is 1.60 bits per heavy atom. The van der Waals surface area contributed by atoms with E-state index in [1.54, 1.807) is 12.1 Å². The van der Waals surface area contributed by atoms with Crippen LogP contribution < -0.4 is 24.8 Å². The molecule has 2 fully saturated rings. The first-order chi connectivity index (χ1) is 23.7. The summed E-state index contributed by atoms with van der Waals surface area (Å²) in [5, 5.41) is 0. The predicted octanol–water partition coefficient (Wildman–Crippen LogP) is 6.61. The first-order valence-corrected chi connectivity index (χ1v) is 22.9. The molecule has 0 amide bonds. The molecule has 2 saturated carbocycles. The van der Waals surface area contributed by atoms with E-state index in [4.69, 9.17) is 0 Å². The van der Waals surface area contributed by atoms with E-state index in [0.717, 1.165) is 0 Å². The molecule has 0 radical (unpaired) electrons. The van der Waals surface area contributed by atoms with Crippen LogP contribution in [0.5, 0.6) is 0 Å². The van der Waals surface area contributed by atoms with Crippen molar-refractivity contribution >= 4 is 3.21 Å². The van der Waals surface area contributed by atoms with E-state index in [2.05, 4.69) is 209 Å². The molecule has 0 bridgehead atoms. The van der Waals surface area contributed by atoms with E-state index in [0.29, 0.717) is 15.5 Å². The van der Waals surface area contributed by atoms with Crippen molar-refractivity contribution in [1.82, 2.24) is 0 Å². The summed E-state index contributed by atoms with van der Waals surface area (Å²) in [4.78, 5) is 0. The number of halogens is 2. The molecule has 0 aromatic heterocycles. The third-order valence-corrected chi connectivity index (χ3v) is 26.5. The molecule has 270 valence electrons. The monoisotopic (exact) mass is 804 g/mol. The number of hydrogen-bond donors (Lipinski definition) is 0. The summed E-state index contributed by atoms with van der Waals surface area (Å²) in [5.74, 6) is 0.855. The molecular formula is C49H56Cl2Zr. The Bertz CT molecular complexity index is 2020. The van der Waals surface area contributed by atoms with Crippen molar-refractivity contribution in [2.24, 2.45) is 49.7 Å². The van der Waals surface area contributed by atoms with Crippen molar-refractivity contribution in [3.05, 3.63) is 165 Å². The van der Waals surface area contributed by atoms with Gasteiger partial charge >= 0.3 is 312 Å². The van der Waals surface area contributed by atoms with Gasteiger partial charge in [0.05, 0.1) is 0 Å². The minimum atomic E-state index is -3.01. The molecule has 0 nitrogen and oxygen atoms in total. The normalized spacial score (nSPS) is 41.5. The van der Waals surface area contributed by atoms with Crippen molar-refractivity contribution in [3.8, 4) is 0 Å². The Kier molecular flexibility index (Phi) is 9.76. The summed E-state index contributed by atoms with van der Waals surface area (Å²) in [7, 11) is 0. The first kappa shape index (κ1) is 39.4. The van der Waals surface area contributed by atoms with Gasteiger partial charge in [0.1, 0.15) is 0 Å². The van der Waals surface area contributed by atoms with Gasteiger partial charge < -0.3 is 24.8 Å². The summed E-state index contributed by atoms with van der Waals surface area (Å²) < 4.78 is 3.93. The smallest absolute Gasteiger partial charge is 1.00 e. The minimum absolute atomic E-state index is 0. The summed E-state index contributed by atoms with van der Waals surface area (Å²) in [6, 6.07) is 23.1. The molecule has 0 spiro atoms. The fourth-order valence-electron chi connectivity index (χ4n) is 13.6. The van der Waals surface area contributed by atoms with Gasteiger partial charge in [-0.25, -0.2) is 0 Å². The van der Waals surface area contributed by atoms with Gasteiger partial charge in [-0.15, -0.1) is 0 Å². The van der Waals surface area contributed by atoms with Crippen LogP contribution >= 0.6 is 0 Å². The van der Waals surface area contributed by atoms with Gasteiger partial charge in [-0.2, -0.15) is 0 Å². The second-order valence-electron chi connectivity index (χ2n) is 17.8. The fraction of sp³-hybridized carbons (Fsp3) is 0.408. The molecule has 2 aromatic carbocycles. The quantitative estimate of drug-likeness (QED) is 0.327. The Hall–Kier alpha value is -2.31. The second kappa shape index (κ2) is 12.9. The third kappa shape index (κ3) is 4.35. The molecule has 0 heterocycles. The number of fused-ring (bicyclic) bond motifs is 8. The summed E-state index contributed by atoms with van der Waals surface area (Å²) >= 11 is -3.01. The van der Waals surface area contributed by atoms with Gasteiger partial charge in [-0.3, -0.25) is 0 Å². The van der Waals surface area contributed by atoms with Gasteiger partial charge in [0.25, 0.3) is 0 Å². The largest absolute Gasteiger partial charge is 1.00 e. The van der Waals surface area contributed by atoms with Crippen LogP contribution in [0, 0.1) is 49.7 Å². The van der Waals surface area contributed by atoms with Crippen molar-refractivity contribution in [3.63, 3.8) is 0 Å². The van der Waals surface area contributed by atoms with E-state index in [-0.39, 0.29) is 62.7 Å². The van der Waals surface area contributed by atoms with E-state index in [1.807, 2.05) is 0 Å². The third-order valence-electron chi connectivity index (χ3n) is 16.9. The number of hydrogen-bond acceptors (Lipinski definition) is 0. The summed E-state index contributed by atoms with van der Waals surface area (Å²) in [6.45, 7) is 26.2. The average Bonchev–Trinajstić information content (AvgIpc) is 3.52. The van der Waals surface area contributed by atoms with Gasteiger partial charge in [0.2, 0.25) is 0 Å². The van der Waals surface area contributed by atoms with Crippen LogP contribution in [0.15, 0.2) is 154 Å². The first-order valence-electron chi connectivity index (χ1n) is 19.0. The topological polar surface area (TPSA) is 0 Å². The SMILES string of the molecule is CC1=CC(C)[C]([Zr+2](=[C](c2ccccc2)c2ccccc2)[CH]2C3C=CC=C(C)C3(C)C3(C)C4(C)C=CC=CC4(C)C4(C)C=CC=CC4(C)C23C)=C1.[Cl-].[Cl-]. The average molecular weight is 807 g/mol. The Labute approximate surface area is 334 Å². The summed E-state index contributed by atoms with van der Waals surface area (Å²) in [6.07, 6.45) is 33.0. The molecule has 0 aliphatic heterocycles. The molecule has 10 atom stereocenters. The maximum atomic E-state index is 2.82. The van der Waals surface area contributed by atoms with Gasteiger partial charge in [-0.1, -0.05) is 0 Å². The van der Waals surface area contributed by atoms with Crippen LogP contribution in [0.4, 0.5) is 0 Å². The number of benzene rings is 2. The Balaban J connectivity index is 0.00000232. The maximum Gasteiger partial charge on any atom is -1.00 e. The molecule has 8 rings (SSSR count). The zero-order valence-corrected chi connectivity index (χ0v) is 36.7. The van der Waals surface area contributed by atoms with Crippen LogP contribution in [0.1, 0.15) is 80.4 Å². The molecule has 0 saturated heterocycles. The zero-order chi connectivity index (χ0) is 35.5. The van der Waals surface area contributed by atoms with Gasteiger partial charge in [-0.05, 0) is 0 Å². The molecule has 10 unspecified atom stereocenters. The van der Waals surface area contributed by atoms with Crippen LogP contribution in [0.3, 0.4) is 0 Å². The molecule has 3 heteroatoms. The van der Waals surface area contributed by atoms with Gasteiger partial charge in [0, 0.05) is 0 Å².